The first-order valence-corrected chi connectivity index (χ1v) is 7.10. The van der Waals surface area contributed by atoms with E-state index in [1.54, 1.807) is 0 Å². The van der Waals surface area contributed by atoms with Gasteiger partial charge >= 0.3 is 0 Å². The number of hydrogen-bond donors (Lipinski definition) is 1. The second-order valence-corrected chi connectivity index (χ2v) is 4.70. The zero-order valence-electron chi connectivity index (χ0n) is 11.9. The molecule has 104 valence electrons. The molecule has 0 aliphatic carbocycles. The van der Waals surface area contributed by atoms with Crippen LogP contribution in [0.2, 0.25) is 0 Å². The molecule has 0 unspecified atom stereocenters. The van der Waals surface area contributed by atoms with Crippen LogP contribution in [-0.2, 0) is 0 Å². The third-order valence-electron chi connectivity index (χ3n) is 3.05. The van der Waals surface area contributed by atoms with Crippen LogP contribution in [0.1, 0.15) is 31.7 Å². The van der Waals surface area contributed by atoms with Crippen LogP contribution in [-0.4, -0.2) is 18.3 Å². The fourth-order valence-corrected chi connectivity index (χ4v) is 1.95. The minimum atomic E-state index is 0.110. The van der Waals surface area contributed by atoms with Gasteiger partial charge in [-0.25, -0.2) is 0 Å². The quantitative estimate of drug-likeness (QED) is 0.661. The van der Waals surface area contributed by atoms with Crippen molar-refractivity contribution in [3.8, 4) is 17.6 Å². The van der Waals surface area contributed by atoms with E-state index in [0.717, 1.165) is 41.5 Å². The third-order valence-corrected chi connectivity index (χ3v) is 3.05. The van der Waals surface area contributed by atoms with Crippen LogP contribution in [0.15, 0.2) is 36.4 Å². The Kier molecular flexibility index (Phi) is 5.46. The number of rotatable bonds is 5. The van der Waals surface area contributed by atoms with Gasteiger partial charge < -0.3 is 9.84 Å². The Hall–Kier alpha value is -1.98. The average molecular weight is 268 g/mol. The van der Waals surface area contributed by atoms with Gasteiger partial charge in [0.05, 0.1) is 13.2 Å². The molecular formula is C18H20O2. The van der Waals surface area contributed by atoms with Gasteiger partial charge in [0.2, 0.25) is 0 Å². The van der Waals surface area contributed by atoms with Crippen molar-refractivity contribution in [1.82, 2.24) is 0 Å². The first-order valence-electron chi connectivity index (χ1n) is 7.10. The highest BCUT2D eigenvalue weighted by Gasteiger charge is 1.98. The van der Waals surface area contributed by atoms with Gasteiger partial charge in [0.15, 0.2) is 0 Å². The van der Waals surface area contributed by atoms with E-state index in [2.05, 4.69) is 43.0 Å². The molecule has 0 saturated heterocycles. The highest BCUT2D eigenvalue weighted by Crippen LogP contribution is 2.22. The molecule has 0 fully saturated rings. The van der Waals surface area contributed by atoms with E-state index in [-0.39, 0.29) is 6.61 Å². The molecule has 2 aromatic rings. The van der Waals surface area contributed by atoms with Crippen LogP contribution in [0.25, 0.3) is 10.8 Å². The zero-order chi connectivity index (χ0) is 14.2. The highest BCUT2D eigenvalue weighted by atomic mass is 16.5. The van der Waals surface area contributed by atoms with Crippen molar-refractivity contribution in [3.63, 3.8) is 0 Å². The summed E-state index contributed by atoms with van der Waals surface area (Å²) in [5.41, 5.74) is 0.977. The van der Waals surface area contributed by atoms with Gasteiger partial charge in [0.25, 0.3) is 0 Å². The van der Waals surface area contributed by atoms with Crippen molar-refractivity contribution in [2.45, 2.75) is 26.2 Å². The standard InChI is InChI=1S/C18H20O2/c1-2-3-12-20-18-10-9-16-13-15(6-4-5-11-19)7-8-17(16)14-18/h7-10,13-14,19H,2-3,5,11-12H2,1H3. The lowest BCUT2D eigenvalue weighted by Gasteiger charge is -2.06. The van der Waals surface area contributed by atoms with Crippen molar-refractivity contribution in [2.75, 3.05) is 13.2 Å². The summed E-state index contributed by atoms with van der Waals surface area (Å²) in [6.07, 6.45) is 2.74. The Morgan fingerprint density at radius 3 is 2.70 bits per heavy atom. The number of ether oxygens (including phenoxy) is 1. The fourth-order valence-electron chi connectivity index (χ4n) is 1.95. The van der Waals surface area contributed by atoms with E-state index < -0.39 is 0 Å². The third kappa shape index (κ3) is 4.01. The molecule has 2 rings (SSSR count). The summed E-state index contributed by atoms with van der Waals surface area (Å²) in [7, 11) is 0. The summed E-state index contributed by atoms with van der Waals surface area (Å²) < 4.78 is 5.71. The van der Waals surface area contributed by atoms with Crippen LogP contribution in [0.4, 0.5) is 0 Å². The SMILES string of the molecule is CCCCOc1ccc2cc(C#CCCO)ccc2c1. The molecule has 0 heterocycles. The molecule has 20 heavy (non-hydrogen) atoms. The van der Waals surface area contributed by atoms with E-state index in [9.17, 15) is 0 Å². The largest absolute Gasteiger partial charge is 0.494 e. The van der Waals surface area contributed by atoms with E-state index in [1.165, 1.54) is 0 Å². The van der Waals surface area contributed by atoms with Gasteiger partial charge in [0.1, 0.15) is 5.75 Å². The number of aliphatic hydroxyl groups is 1. The maximum absolute atomic E-state index is 8.72. The molecule has 2 aromatic carbocycles. The molecule has 0 bridgehead atoms. The summed E-state index contributed by atoms with van der Waals surface area (Å²) in [5, 5.41) is 11.0. The molecule has 0 aliphatic heterocycles. The van der Waals surface area contributed by atoms with Gasteiger partial charge in [-0.05, 0) is 41.5 Å². The van der Waals surface area contributed by atoms with Crippen molar-refractivity contribution in [1.29, 1.82) is 0 Å². The Morgan fingerprint density at radius 2 is 1.90 bits per heavy atom. The van der Waals surface area contributed by atoms with Gasteiger partial charge in [-0.1, -0.05) is 37.3 Å². The number of hydrogen-bond acceptors (Lipinski definition) is 2. The summed E-state index contributed by atoms with van der Waals surface area (Å²) in [6.45, 7) is 3.04. The lowest BCUT2D eigenvalue weighted by Crippen LogP contribution is -1.96. The van der Waals surface area contributed by atoms with Crippen LogP contribution >= 0.6 is 0 Å². The maximum atomic E-state index is 8.72. The molecule has 0 amide bonds. The first-order chi connectivity index (χ1) is 9.83. The predicted octanol–water partition coefficient (Wildman–Crippen LogP) is 3.75. The summed E-state index contributed by atoms with van der Waals surface area (Å²) >= 11 is 0. The van der Waals surface area contributed by atoms with Crippen LogP contribution < -0.4 is 4.74 Å². The maximum Gasteiger partial charge on any atom is 0.119 e. The smallest absolute Gasteiger partial charge is 0.119 e. The lowest BCUT2D eigenvalue weighted by atomic mass is 10.1. The first kappa shape index (κ1) is 14.4. The fraction of sp³-hybridized carbons (Fsp3) is 0.333. The molecule has 0 radical (unpaired) electrons. The van der Waals surface area contributed by atoms with Gasteiger partial charge in [-0.15, -0.1) is 0 Å². The second kappa shape index (κ2) is 7.57. The number of aliphatic hydroxyl groups excluding tert-OH is 1. The zero-order valence-corrected chi connectivity index (χ0v) is 11.9. The average Bonchev–Trinajstić information content (AvgIpc) is 2.48. The van der Waals surface area contributed by atoms with Gasteiger partial charge in [0, 0.05) is 12.0 Å². The normalized spacial score (nSPS) is 10.1. The second-order valence-electron chi connectivity index (χ2n) is 4.70. The molecule has 0 spiro atoms. The van der Waals surface area contributed by atoms with E-state index in [0.29, 0.717) is 6.42 Å². The molecule has 0 atom stereocenters. The number of fused-ring (bicyclic) bond motifs is 1. The van der Waals surface area contributed by atoms with E-state index >= 15 is 0 Å². The molecule has 0 saturated carbocycles. The highest BCUT2D eigenvalue weighted by molar-refractivity contribution is 5.85. The summed E-state index contributed by atoms with van der Waals surface area (Å²) in [5.74, 6) is 6.91. The van der Waals surface area contributed by atoms with Crippen molar-refractivity contribution in [2.24, 2.45) is 0 Å². The minimum Gasteiger partial charge on any atom is -0.494 e. The number of unbranched alkanes of at least 4 members (excludes halogenated alkanes) is 1. The van der Waals surface area contributed by atoms with E-state index in [1.807, 2.05) is 12.1 Å². The molecule has 2 heteroatoms. The van der Waals surface area contributed by atoms with Gasteiger partial charge in [-0.3, -0.25) is 0 Å². The van der Waals surface area contributed by atoms with Crippen LogP contribution in [0.5, 0.6) is 5.75 Å². The number of benzene rings is 2. The lowest BCUT2D eigenvalue weighted by molar-refractivity contribution is 0.305. The van der Waals surface area contributed by atoms with Crippen LogP contribution in [0, 0.1) is 11.8 Å². The van der Waals surface area contributed by atoms with Gasteiger partial charge in [-0.2, -0.15) is 0 Å². The Labute approximate surface area is 120 Å². The van der Waals surface area contributed by atoms with Crippen molar-refractivity contribution < 1.29 is 9.84 Å². The summed E-state index contributed by atoms with van der Waals surface area (Å²) in [4.78, 5) is 0. The molecule has 0 aliphatic rings. The molecule has 0 aromatic heterocycles. The van der Waals surface area contributed by atoms with Crippen LogP contribution in [0.3, 0.4) is 0 Å². The topological polar surface area (TPSA) is 29.5 Å². The van der Waals surface area contributed by atoms with E-state index in [4.69, 9.17) is 9.84 Å². The Morgan fingerprint density at radius 1 is 1.10 bits per heavy atom. The molecular weight excluding hydrogens is 248 g/mol. The van der Waals surface area contributed by atoms with Crippen molar-refractivity contribution >= 4 is 10.8 Å². The van der Waals surface area contributed by atoms with Crippen molar-refractivity contribution in [3.05, 3.63) is 42.0 Å². The Balaban J connectivity index is 2.15. The summed E-state index contributed by atoms with van der Waals surface area (Å²) in [6, 6.07) is 12.3. The monoisotopic (exact) mass is 268 g/mol. The molecule has 2 nitrogen and oxygen atoms in total. The molecule has 1 N–H and O–H groups in total. The predicted molar refractivity (Wildman–Crippen MR) is 82.9 cm³/mol. The minimum absolute atomic E-state index is 0.110. The Bertz CT molecular complexity index is 620.